The average Bonchev–Trinajstić information content (AvgIpc) is 2.64. The minimum Gasteiger partial charge on any atom is -0.468 e. The monoisotopic (exact) mass is 410 g/mol. The topological polar surface area (TPSA) is 92.4 Å². The lowest BCUT2D eigenvalue weighted by molar-refractivity contribution is -0.154. The molecule has 1 aromatic heterocycles. The number of hydrogen-bond donors (Lipinski definition) is 3. The Morgan fingerprint density at radius 1 is 1.14 bits per heavy atom. The first-order chi connectivity index (χ1) is 13.6. The molecular weight excluding hydrogens is 389 g/mol. The van der Waals surface area contributed by atoms with Crippen molar-refractivity contribution < 1.29 is 27.5 Å². The molecule has 1 heterocycles. The molecule has 0 unspecified atom stereocenters. The van der Waals surface area contributed by atoms with Crippen LogP contribution in [-0.2, 0) is 6.54 Å². The zero-order valence-corrected chi connectivity index (χ0v) is 15.8. The van der Waals surface area contributed by atoms with Gasteiger partial charge in [0.05, 0.1) is 0 Å². The minimum absolute atomic E-state index is 0.0162. The van der Waals surface area contributed by atoms with Gasteiger partial charge in [0.15, 0.2) is 6.61 Å². The summed E-state index contributed by atoms with van der Waals surface area (Å²) in [5, 5.41) is 7.91. The van der Waals surface area contributed by atoms with Crippen LogP contribution in [0.3, 0.4) is 0 Å². The van der Waals surface area contributed by atoms with Crippen LogP contribution in [-0.4, -0.2) is 35.7 Å². The number of anilines is 1. The molecule has 29 heavy (non-hydrogen) atoms. The van der Waals surface area contributed by atoms with Gasteiger partial charge in [-0.2, -0.15) is 13.2 Å². The fraction of sp³-hybridized carbons (Fsp3) is 0.316. The van der Waals surface area contributed by atoms with Crippen LogP contribution in [0.2, 0.25) is 0 Å². The number of pyridine rings is 1. The number of ether oxygens (including phenoxy) is 1. The van der Waals surface area contributed by atoms with E-state index in [0.717, 1.165) is 0 Å². The van der Waals surface area contributed by atoms with Crippen molar-refractivity contribution in [2.24, 2.45) is 0 Å². The van der Waals surface area contributed by atoms with Crippen LogP contribution < -0.4 is 20.7 Å². The van der Waals surface area contributed by atoms with Gasteiger partial charge in [-0.25, -0.2) is 9.78 Å². The highest BCUT2D eigenvalue weighted by Gasteiger charge is 2.29. The number of carbonyl (C=O) groups excluding carboxylic acids is 2. The molecule has 0 fully saturated rings. The van der Waals surface area contributed by atoms with Gasteiger partial charge in [0.1, 0.15) is 0 Å². The Hall–Kier alpha value is -3.30. The summed E-state index contributed by atoms with van der Waals surface area (Å²) < 4.78 is 41.7. The SMILES string of the molecule is CC(C)NC(=O)Nc1ccc(C(=O)NCc2cccnc2OCC(F)(F)F)cc1. The second kappa shape index (κ2) is 9.76. The predicted octanol–water partition coefficient (Wildman–Crippen LogP) is 3.48. The molecule has 0 atom stereocenters. The Balaban J connectivity index is 1.93. The number of urea groups is 1. The third kappa shape index (κ3) is 7.68. The van der Waals surface area contributed by atoms with Crippen molar-refractivity contribution in [3.63, 3.8) is 0 Å². The van der Waals surface area contributed by atoms with E-state index in [1.54, 1.807) is 12.1 Å². The molecule has 0 spiro atoms. The van der Waals surface area contributed by atoms with Crippen molar-refractivity contribution in [2.75, 3.05) is 11.9 Å². The molecule has 0 radical (unpaired) electrons. The number of amides is 3. The summed E-state index contributed by atoms with van der Waals surface area (Å²) in [7, 11) is 0. The Bertz CT molecular complexity index is 839. The molecule has 3 amide bonds. The van der Waals surface area contributed by atoms with E-state index in [4.69, 9.17) is 0 Å². The Morgan fingerprint density at radius 3 is 2.45 bits per heavy atom. The number of halogens is 3. The van der Waals surface area contributed by atoms with Crippen LogP contribution >= 0.6 is 0 Å². The standard InChI is InChI=1S/C19H21F3N4O3/c1-12(2)25-18(28)26-15-7-5-13(6-8-15)16(27)24-10-14-4-3-9-23-17(14)29-11-19(20,21)22/h3-9,12H,10-11H2,1-2H3,(H,24,27)(H2,25,26,28). The van der Waals surface area contributed by atoms with E-state index < -0.39 is 18.7 Å². The molecule has 2 rings (SSSR count). The normalized spacial score (nSPS) is 11.1. The third-order valence-electron chi connectivity index (χ3n) is 3.49. The van der Waals surface area contributed by atoms with Crippen molar-refractivity contribution in [3.05, 3.63) is 53.7 Å². The lowest BCUT2D eigenvalue weighted by atomic mass is 10.2. The highest BCUT2D eigenvalue weighted by atomic mass is 19.4. The van der Waals surface area contributed by atoms with Gasteiger partial charge in [-0.15, -0.1) is 0 Å². The van der Waals surface area contributed by atoms with Gasteiger partial charge in [0.2, 0.25) is 5.88 Å². The molecule has 0 aliphatic heterocycles. The lowest BCUT2D eigenvalue weighted by Gasteiger charge is -2.13. The quantitative estimate of drug-likeness (QED) is 0.652. The Kier molecular flexibility index (Phi) is 7.40. The van der Waals surface area contributed by atoms with Crippen molar-refractivity contribution in [1.82, 2.24) is 15.6 Å². The van der Waals surface area contributed by atoms with Crippen molar-refractivity contribution >= 4 is 17.6 Å². The molecule has 0 saturated heterocycles. The van der Waals surface area contributed by atoms with Crippen molar-refractivity contribution in [3.8, 4) is 5.88 Å². The third-order valence-corrected chi connectivity index (χ3v) is 3.49. The van der Waals surface area contributed by atoms with E-state index >= 15 is 0 Å². The second-order valence-corrected chi connectivity index (χ2v) is 6.38. The van der Waals surface area contributed by atoms with Crippen LogP contribution in [0.1, 0.15) is 29.8 Å². The van der Waals surface area contributed by atoms with Crippen LogP contribution in [0.15, 0.2) is 42.6 Å². The van der Waals surface area contributed by atoms with Crippen molar-refractivity contribution in [2.45, 2.75) is 32.6 Å². The molecule has 0 saturated carbocycles. The van der Waals surface area contributed by atoms with E-state index in [0.29, 0.717) is 16.8 Å². The largest absolute Gasteiger partial charge is 0.468 e. The van der Waals surface area contributed by atoms with E-state index in [2.05, 4.69) is 25.7 Å². The minimum atomic E-state index is -4.49. The fourth-order valence-corrected chi connectivity index (χ4v) is 2.25. The number of hydrogen-bond acceptors (Lipinski definition) is 4. The maximum atomic E-state index is 12.3. The number of rotatable bonds is 7. The number of benzene rings is 1. The smallest absolute Gasteiger partial charge is 0.422 e. The lowest BCUT2D eigenvalue weighted by Crippen LogP contribution is -2.34. The number of nitrogens with one attached hydrogen (secondary N) is 3. The molecule has 0 aliphatic carbocycles. The highest BCUT2D eigenvalue weighted by molar-refractivity contribution is 5.95. The number of nitrogens with zero attached hydrogens (tertiary/aromatic N) is 1. The van der Waals surface area contributed by atoms with E-state index in [-0.39, 0.29) is 24.5 Å². The summed E-state index contributed by atoms with van der Waals surface area (Å²) >= 11 is 0. The number of carbonyl (C=O) groups is 2. The Morgan fingerprint density at radius 2 is 1.83 bits per heavy atom. The van der Waals surface area contributed by atoms with E-state index in [9.17, 15) is 22.8 Å². The molecular formula is C19H21F3N4O3. The van der Waals surface area contributed by atoms with Gasteiger partial charge < -0.3 is 20.7 Å². The first-order valence-corrected chi connectivity index (χ1v) is 8.73. The second-order valence-electron chi connectivity index (χ2n) is 6.38. The molecule has 0 bridgehead atoms. The summed E-state index contributed by atoms with van der Waals surface area (Å²) in [4.78, 5) is 27.7. The highest BCUT2D eigenvalue weighted by Crippen LogP contribution is 2.20. The number of alkyl halides is 3. The summed E-state index contributed by atoms with van der Waals surface area (Å²) in [5.41, 5.74) is 1.14. The predicted molar refractivity (Wildman–Crippen MR) is 101 cm³/mol. The molecule has 10 heteroatoms. The zero-order chi connectivity index (χ0) is 21.4. The molecule has 7 nitrogen and oxygen atoms in total. The van der Waals surface area contributed by atoms with Gasteiger partial charge in [0.25, 0.3) is 5.91 Å². The maximum Gasteiger partial charge on any atom is 0.422 e. The van der Waals surface area contributed by atoms with Gasteiger partial charge in [-0.1, -0.05) is 6.07 Å². The van der Waals surface area contributed by atoms with E-state index in [1.807, 2.05) is 13.8 Å². The van der Waals surface area contributed by atoms with Crippen molar-refractivity contribution in [1.29, 1.82) is 0 Å². The first kappa shape index (κ1) is 22.0. The summed E-state index contributed by atoms with van der Waals surface area (Å²) in [6, 6.07) is 8.84. The molecule has 2 aromatic rings. The molecule has 0 aliphatic rings. The zero-order valence-electron chi connectivity index (χ0n) is 15.8. The van der Waals surface area contributed by atoms with Gasteiger partial charge >= 0.3 is 12.2 Å². The van der Waals surface area contributed by atoms with Crippen LogP contribution in [0, 0.1) is 0 Å². The summed E-state index contributed by atoms with van der Waals surface area (Å²) in [6.45, 7) is 2.13. The summed E-state index contributed by atoms with van der Waals surface area (Å²) in [5.74, 6) is -0.630. The summed E-state index contributed by atoms with van der Waals surface area (Å²) in [6.07, 6.45) is -3.18. The fourth-order valence-electron chi connectivity index (χ4n) is 2.25. The van der Waals surface area contributed by atoms with Crippen LogP contribution in [0.25, 0.3) is 0 Å². The van der Waals surface area contributed by atoms with Crippen LogP contribution in [0.4, 0.5) is 23.7 Å². The molecule has 156 valence electrons. The van der Waals surface area contributed by atoms with Gasteiger partial charge in [-0.3, -0.25) is 4.79 Å². The van der Waals surface area contributed by atoms with Gasteiger partial charge in [0, 0.05) is 35.6 Å². The Labute approximate surface area is 165 Å². The maximum absolute atomic E-state index is 12.3. The molecule has 1 aromatic carbocycles. The number of aromatic nitrogens is 1. The van der Waals surface area contributed by atoms with Crippen LogP contribution in [0.5, 0.6) is 5.88 Å². The average molecular weight is 410 g/mol. The van der Waals surface area contributed by atoms with E-state index in [1.165, 1.54) is 30.5 Å². The molecule has 3 N–H and O–H groups in total. The van der Waals surface area contributed by atoms with Gasteiger partial charge in [-0.05, 0) is 44.2 Å². The first-order valence-electron chi connectivity index (χ1n) is 8.73.